The average molecular weight is 356 g/mol. The second kappa shape index (κ2) is 7.91. The maximum Gasteiger partial charge on any atom is 0.323 e. The van der Waals surface area contributed by atoms with Crippen molar-refractivity contribution in [2.75, 3.05) is 6.61 Å². The van der Waals surface area contributed by atoms with E-state index in [4.69, 9.17) is 15.2 Å². The van der Waals surface area contributed by atoms with Crippen LogP contribution in [-0.2, 0) is 19.1 Å². The molecule has 1 fully saturated rings. The summed E-state index contributed by atoms with van der Waals surface area (Å²) in [6.07, 6.45) is -2.97. The molecule has 0 aliphatic carbocycles. The smallest absolute Gasteiger partial charge is 0.323 e. The van der Waals surface area contributed by atoms with E-state index in [1.54, 1.807) is 0 Å². The van der Waals surface area contributed by atoms with Crippen molar-refractivity contribution >= 4 is 18.1 Å². The van der Waals surface area contributed by atoms with Gasteiger partial charge in [-0.15, -0.1) is 0 Å². The molecule has 0 radical (unpaired) electrons. The van der Waals surface area contributed by atoms with Gasteiger partial charge < -0.3 is 30.7 Å². The Morgan fingerprint density at radius 2 is 2.24 bits per heavy atom. The summed E-state index contributed by atoms with van der Waals surface area (Å²) < 4.78 is 10.6. The molecule has 0 aromatic heterocycles. The zero-order valence-corrected chi connectivity index (χ0v) is 14.2. The Kier molecular flexibility index (Phi) is 6.11. The maximum absolute atomic E-state index is 11.9. The van der Waals surface area contributed by atoms with Crippen molar-refractivity contribution < 1.29 is 29.3 Å². The van der Waals surface area contributed by atoms with Crippen LogP contribution in [0.3, 0.4) is 0 Å². The van der Waals surface area contributed by atoms with Crippen molar-refractivity contribution in [1.29, 1.82) is 0 Å². The fourth-order valence-electron chi connectivity index (χ4n) is 2.45. The largest absolute Gasteiger partial charge is 0.462 e. The van der Waals surface area contributed by atoms with Gasteiger partial charge in [-0.25, -0.2) is 5.01 Å². The molecule has 140 valence electrons. The number of rotatable bonds is 6. The molecule has 2 aliphatic rings. The molecule has 2 aliphatic heterocycles. The molecule has 2 heterocycles. The normalized spacial score (nSPS) is 31.6. The fourth-order valence-corrected chi connectivity index (χ4v) is 2.45. The number of ether oxygens (including phenoxy) is 2. The van der Waals surface area contributed by atoms with Gasteiger partial charge in [0.1, 0.15) is 43.0 Å². The van der Waals surface area contributed by atoms with Crippen molar-refractivity contribution in [3.05, 3.63) is 12.4 Å². The third-order valence-electron chi connectivity index (χ3n) is 4.34. The number of aliphatic hydroxyl groups is 2. The van der Waals surface area contributed by atoms with E-state index in [1.807, 2.05) is 13.8 Å². The Hall–Kier alpha value is -2.01. The number of carbonyl (C=O) groups is 2. The monoisotopic (exact) mass is 356 g/mol. The summed E-state index contributed by atoms with van der Waals surface area (Å²) >= 11 is 0. The van der Waals surface area contributed by atoms with E-state index in [-0.39, 0.29) is 18.3 Å². The van der Waals surface area contributed by atoms with E-state index in [0.717, 1.165) is 17.6 Å². The number of nitrogens with two attached hydrogens (primary N) is 1. The second-order valence-corrected chi connectivity index (χ2v) is 6.11. The number of carbonyl (C=O) groups excluding carboxylic acids is 2. The molecule has 5 N–H and O–H groups in total. The Balaban J connectivity index is 1.96. The first-order chi connectivity index (χ1) is 11.8. The SMILES string of the molecule is C=C1NC(=O)C=NN1[C@@H]1O[C@H](COC(=O)[C@H](N)[C@H](C)CC)C(O)[C@@H]1O. The predicted molar refractivity (Wildman–Crippen MR) is 86.7 cm³/mol. The van der Waals surface area contributed by atoms with Crippen LogP contribution < -0.4 is 11.1 Å². The van der Waals surface area contributed by atoms with E-state index in [2.05, 4.69) is 17.0 Å². The molecule has 1 unspecified atom stereocenters. The van der Waals surface area contributed by atoms with Crippen LogP contribution >= 0.6 is 0 Å². The standard InChI is InChI=1S/C15H24N4O6/c1-4-7(2)11(16)15(23)24-6-9-12(21)13(22)14(25-9)19-8(3)18-10(20)5-17-19/h5,7,9,11-14,21-22H,3-4,6,16H2,1-2H3,(H,18,20)/t7-,9-,11-,12?,13+,14-/m1/s1. The van der Waals surface area contributed by atoms with Crippen LogP contribution in [0.25, 0.3) is 0 Å². The highest BCUT2D eigenvalue weighted by Crippen LogP contribution is 2.27. The number of hydrogen-bond donors (Lipinski definition) is 4. The van der Waals surface area contributed by atoms with Gasteiger partial charge in [0, 0.05) is 0 Å². The summed E-state index contributed by atoms with van der Waals surface area (Å²) in [5, 5.41) is 27.6. The van der Waals surface area contributed by atoms with Crippen LogP contribution in [0.5, 0.6) is 0 Å². The van der Waals surface area contributed by atoms with Crippen molar-refractivity contribution in [2.45, 2.75) is 50.8 Å². The Bertz CT molecular complexity index is 568. The molecule has 0 aromatic rings. The third kappa shape index (κ3) is 4.15. The minimum atomic E-state index is -1.34. The van der Waals surface area contributed by atoms with Crippen LogP contribution in [0.4, 0.5) is 0 Å². The molecule has 0 spiro atoms. The zero-order chi connectivity index (χ0) is 18.7. The van der Waals surface area contributed by atoms with Crippen LogP contribution in [-0.4, -0.2) is 70.5 Å². The molecule has 1 amide bonds. The number of nitrogens with zero attached hydrogens (tertiary/aromatic N) is 2. The highest BCUT2D eigenvalue weighted by molar-refractivity contribution is 6.27. The van der Waals surface area contributed by atoms with Crippen molar-refractivity contribution in [1.82, 2.24) is 10.3 Å². The first kappa shape index (κ1) is 19.3. The molecule has 1 saturated heterocycles. The summed E-state index contributed by atoms with van der Waals surface area (Å²) in [4.78, 5) is 23.1. The van der Waals surface area contributed by atoms with Gasteiger partial charge in [-0.2, -0.15) is 5.10 Å². The van der Waals surface area contributed by atoms with E-state index in [9.17, 15) is 19.8 Å². The van der Waals surface area contributed by atoms with Gasteiger partial charge in [-0.3, -0.25) is 9.59 Å². The number of nitrogens with one attached hydrogen (secondary N) is 1. The molecule has 10 nitrogen and oxygen atoms in total. The van der Waals surface area contributed by atoms with Gasteiger partial charge >= 0.3 is 5.97 Å². The Morgan fingerprint density at radius 3 is 2.84 bits per heavy atom. The molecule has 2 rings (SSSR count). The van der Waals surface area contributed by atoms with Gasteiger partial charge in [-0.1, -0.05) is 26.8 Å². The summed E-state index contributed by atoms with van der Waals surface area (Å²) in [7, 11) is 0. The first-order valence-corrected chi connectivity index (χ1v) is 8.03. The quantitative estimate of drug-likeness (QED) is 0.409. The summed E-state index contributed by atoms with van der Waals surface area (Å²) in [6, 6.07) is -0.772. The maximum atomic E-state index is 11.9. The van der Waals surface area contributed by atoms with Gasteiger partial charge in [0.05, 0.1) is 0 Å². The van der Waals surface area contributed by atoms with Crippen LogP contribution in [0.15, 0.2) is 17.5 Å². The van der Waals surface area contributed by atoms with E-state index < -0.39 is 42.5 Å². The van der Waals surface area contributed by atoms with E-state index >= 15 is 0 Å². The van der Waals surface area contributed by atoms with E-state index in [1.165, 1.54) is 0 Å². The number of hydrazone groups is 1. The van der Waals surface area contributed by atoms with Crippen molar-refractivity contribution in [2.24, 2.45) is 16.8 Å². The number of aliphatic hydroxyl groups excluding tert-OH is 2. The molecular weight excluding hydrogens is 332 g/mol. The van der Waals surface area contributed by atoms with Gasteiger partial charge in [-0.05, 0) is 5.92 Å². The lowest BCUT2D eigenvalue weighted by Gasteiger charge is -2.30. The van der Waals surface area contributed by atoms with Gasteiger partial charge in [0.2, 0.25) is 0 Å². The van der Waals surface area contributed by atoms with Crippen LogP contribution in [0, 0.1) is 5.92 Å². The molecular formula is C15H24N4O6. The lowest BCUT2D eigenvalue weighted by Crippen LogP contribution is -2.47. The highest BCUT2D eigenvalue weighted by Gasteiger charge is 2.47. The number of hydrogen-bond acceptors (Lipinski definition) is 9. The number of esters is 1. The van der Waals surface area contributed by atoms with Crippen molar-refractivity contribution in [3.63, 3.8) is 0 Å². The van der Waals surface area contributed by atoms with Crippen LogP contribution in [0.1, 0.15) is 20.3 Å². The highest BCUT2D eigenvalue weighted by atomic mass is 16.6. The zero-order valence-electron chi connectivity index (χ0n) is 14.2. The van der Waals surface area contributed by atoms with Crippen molar-refractivity contribution in [3.8, 4) is 0 Å². The minimum absolute atomic E-state index is 0.0464. The molecule has 0 saturated carbocycles. The topological polar surface area (TPSA) is 147 Å². The third-order valence-corrected chi connectivity index (χ3v) is 4.34. The summed E-state index contributed by atoms with van der Waals surface area (Å²) in [6.45, 7) is 7.08. The lowest BCUT2D eigenvalue weighted by atomic mass is 10.0. The van der Waals surface area contributed by atoms with Crippen LogP contribution in [0.2, 0.25) is 0 Å². The fraction of sp³-hybridized carbons (Fsp3) is 0.667. The summed E-state index contributed by atoms with van der Waals surface area (Å²) in [5.41, 5.74) is 5.79. The molecule has 10 heteroatoms. The lowest BCUT2D eigenvalue weighted by molar-refractivity contribution is -0.154. The molecule has 0 aromatic carbocycles. The first-order valence-electron chi connectivity index (χ1n) is 8.03. The average Bonchev–Trinajstić information content (AvgIpc) is 2.86. The minimum Gasteiger partial charge on any atom is -0.462 e. The van der Waals surface area contributed by atoms with Gasteiger partial charge in [0.15, 0.2) is 6.23 Å². The molecule has 6 atom stereocenters. The number of amides is 1. The Labute approximate surface area is 145 Å². The van der Waals surface area contributed by atoms with E-state index in [0.29, 0.717) is 0 Å². The predicted octanol–water partition coefficient (Wildman–Crippen LogP) is -1.76. The summed E-state index contributed by atoms with van der Waals surface area (Å²) in [5.74, 6) is -1.01. The molecule has 0 bridgehead atoms. The Morgan fingerprint density at radius 1 is 1.56 bits per heavy atom. The van der Waals surface area contributed by atoms with Gasteiger partial charge in [0.25, 0.3) is 5.91 Å². The second-order valence-electron chi connectivity index (χ2n) is 6.11. The molecule has 25 heavy (non-hydrogen) atoms.